The molecule has 0 saturated heterocycles. The molecule has 1 aliphatic rings. The fourth-order valence-corrected chi connectivity index (χ4v) is 4.82. The summed E-state index contributed by atoms with van der Waals surface area (Å²) in [6.07, 6.45) is 8.87. The van der Waals surface area contributed by atoms with Crippen molar-refractivity contribution >= 4 is 29.9 Å². The summed E-state index contributed by atoms with van der Waals surface area (Å²) in [4.78, 5) is 38.7. The normalized spacial score (nSPS) is 13.9. The van der Waals surface area contributed by atoms with Gasteiger partial charge >= 0.3 is 0 Å². The molecule has 1 atom stereocenters. The minimum atomic E-state index is -0.567. The van der Waals surface area contributed by atoms with E-state index in [1.165, 1.54) is 38.5 Å². The molecule has 0 bridgehead atoms. The first kappa shape index (κ1) is 24.4. The van der Waals surface area contributed by atoms with Crippen LogP contribution in [-0.4, -0.2) is 55.4 Å². The Morgan fingerprint density at radius 2 is 1.90 bits per heavy atom. The Kier molecular flexibility index (Phi) is 10.9. The van der Waals surface area contributed by atoms with Crippen molar-refractivity contribution in [1.82, 2.24) is 15.5 Å². The van der Waals surface area contributed by atoms with Gasteiger partial charge in [0.25, 0.3) is 5.91 Å². The van der Waals surface area contributed by atoms with Crippen molar-refractivity contribution in [2.75, 3.05) is 26.4 Å². The van der Waals surface area contributed by atoms with Crippen LogP contribution in [0, 0.1) is 0 Å². The first-order valence-electron chi connectivity index (χ1n) is 11.0. The third kappa shape index (κ3) is 7.13. The Morgan fingerprint density at radius 1 is 1.17 bits per heavy atom. The number of hydrogen-bond donors (Lipinski definition) is 2. The molecule has 2 N–H and O–H groups in total. The Labute approximate surface area is 184 Å². The van der Waals surface area contributed by atoms with Crippen LogP contribution in [-0.2, 0) is 16.1 Å². The van der Waals surface area contributed by atoms with E-state index in [1.54, 1.807) is 23.7 Å². The summed E-state index contributed by atoms with van der Waals surface area (Å²) >= 11 is 1.80. The van der Waals surface area contributed by atoms with Crippen molar-refractivity contribution in [2.24, 2.45) is 0 Å². The number of benzene rings is 1. The molecular formula is C23H35N3O3S. The van der Waals surface area contributed by atoms with Gasteiger partial charge in [-0.25, -0.2) is 0 Å². The second kappa shape index (κ2) is 13.4. The van der Waals surface area contributed by atoms with Gasteiger partial charge in [-0.05, 0) is 56.3 Å². The zero-order valence-electron chi connectivity index (χ0n) is 18.2. The molecule has 7 heteroatoms. The number of thioether (sulfide) groups is 1. The van der Waals surface area contributed by atoms with Crippen molar-refractivity contribution in [3.05, 3.63) is 29.3 Å². The molecule has 0 aliphatic carbocycles. The maximum absolute atomic E-state index is 12.8. The monoisotopic (exact) mass is 433 g/mol. The van der Waals surface area contributed by atoms with Crippen molar-refractivity contribution in [3.63, 3.8) is 0 Å². The topological polar surface area (TPSA) is 78.5 Å². The van der Waals surface area contributed by atoms with Crippen molar-refractivity contribution < 1.29 is 14.4 Å². The Bertz CT molecular complexity index is 711. The standard InChI is InChI=1S/C23H35N3O3S/c1-24-14-7-5-3-4-6-8-15-30-21-11-9-10-19-20(21)16-26(23(19)29)18(17-27)12-13-22(28)25-2/h9-11,17-18,24H,3-8,12-16H2,1-2H3,(H,25,28). The number of hydrogen-bond acceptors (Lipinski definition) is 5. The number of carbonyl (C=O) groups is 3. The minimum Gasteiger partial charge on any atom is -0.359 e. The van der Waals surface area contributed by atoms with Crippen LogP contribution in [0.3, 0.4) is 0 Å². The number of rotatable bonds is 15. The number of nitrogens with one attached hydrogen (secondary N) is 2. The minimum absolute atomic E-state index is 0.108. The molecule has 2 amide bonds. The van der Waals surface area contributed by atoms with Crippen LogP contribution >= 0.6 is 11.8 Å². The number of amides is 2. The van der Waals surface area contributed by atoms with Crippen LogP contribution in [0.25, 0.3) is 0 Å². The molecule has 6 nitrogen and oxygen atoms in total. The summed E-state index contributed by atoms with van der Waals surface area (Å²) < 4.78 is 0. The lowest BCUT2D eigenvalue weighted by Gasteiger charge is -2.22. The van der Waals surface area contributed by atoms with Crippen LogP contribution in [0.4, 0.5) is 0 Å². The van der Waals surface area contributed by atoms with Gasteiger partial charge in [0.05, 0.1) is 6.04 Å². The highest BCUT2D eigenvalue weighted by Crippen LogP contribution is 2.34. The third-order valence-corrected chi connectivity index (χ3v) is 6.72. The van der Waals surface area contributed by atoms with Gasteiger partial charge in [-0.1, -0.05) is 31.7 Å². The lowest BCUT2D eigenvalue weighted by Crippen LogP contribution is -2.37. The van der Waals surface area contributed by atoms with E-state index in [2.05, 4.69) is 16.7 Å². The zero-order chi connectivity index (χ0) is 21.8. The van der Waals surface area contributed by atoms with Gasteiger partial charge in [-0.3, -0.25) is 9.59 Å². The van der Waals surface area contributed by atoms with Crippen LogP contribution in [0.1, 0.15) is 67.3 Å². The van der Waals surface area contributed by atoms with E-state index in [0.717, 1.165) is 29.0 Å². The Balaban J connectivity index is 1.84. The third-order valence-electron chi connectivity index (χ3n) is 5.53. The molecule has 0 fully saturated rings. The molecule has 30 heavy (non-hydrogen) atoms. The zero-order valence-corrected chi connectivity index (χ0v) is 19.1. The first-order chi connectivity index (χ1) is 14.6. The average molecular weight is 434 g/mol. The number of carbonyl (C=O) groups excluding carboxylic acids is 3. The van der Waals surface area contributed by atoms with Crippen molar-refractivity contribution in [1.29, 1.82) is 0 Å². The summed E-state index contributed by atoms with van der Waals surface area (Å²) in [5.74, 6) is 0.807. The molecule has 0 spiro atoms. The van der Waals surface area contributed by atoms with E-state index in [4.69, 9.17) is 0 Å². The van der Waals surface area contributed by atoms with E-state index < -0.39 is 6.04 Å². The van der Waals surface area contributed by atoms with E-state index >= 15 is 0 Å². The van der Waals surface area contributed by atoms with Crippen LogP contribution in [0.15, 0.2) is 23.1 Å². The van der Waals surface area contributed by atoms with E-state index in [1.807, 2.05) is 19.2 Å². The largest absolute Gasteiger partial charge is 0.359 e. The SMILES string of the molecule is CNCCCCCCCCSc1cccc2c1CN(C(C=O)CCC(=O)NC)C2=O. The molecule has 1 aliphatic heterocycles. The van der Waals surface area contributed by atoms with Crippen LogP contribution < -0.4 is 10.6 Å². The summed E-state index contributed by atoms with van der Waals surface area (Å²) in [7, 11) is 3.57. The molecule has 1 aromatic carbocycles. The smallest absolute Gasteiger partial charge is 0.255 e. The quantitative estimate of drug-likeness (QED) is 0.252. The second-order valence-corrected chi connectivity index (χ2v) is 8.84. The van der Waals surface area contributed by atoms with Crippen LogP contribution in [0.5, 0.6) is 0 Å². The van der Waals surface area contributed by atoms with Crippen molar-refractivity contribution in [3.8, 4) is 0 Å². The summed E-state index contributed by atoms with van der Waals surface area (Å²) in [6, 6.07) is 5.26. The summed E-state index contributed by atoms with van der Waals surface area (Å²) in [5, 5.41) is 5.74. The molecule has 2 rings (SSSR count). The van der Waals surface area contributed by atoms with E-state index in [-0.39, 0.29) is 18.2 Å². The number of aldehydes is 1. The highest BCUT2D eigenvalue weighted by Gasteiger charge is 2.34. The summed E-state index contributed by atoms with van der Waals surface area (Å²) in [6.45, 7) is 1.54. The fourth-order valence-electron chi connectivity index (χ4n) is 3.72. The second-order valence-electron chi connectivity index (χ2n) is 7.70. The van der Waals surface area contributed by atoms with Gasteiger partial charge in [-0.15, -0.1) is 11.8 Å². The van der Waals surface area contributed by atoms with Gasteiger partial charge < -0.3 is 20.3 Å². The molecular weight excluding hydrogens is 398 g/mol. The molecule has 1 heterocycles. The van der Waals surface area contributed by atoms with Gasteiger partial charge in [0, 0.05) is 30.5 Å². The lowest BCUT2D eigenvalue weighted by molar-refractivity contribution is -0.121. The predicted octanol–water partition coefficient (Wildman–Crippen LogP) is 3.39. The van der Waals surface area contributed by atoms with Crippen LogP contribution in [0.2, 0.25) is 0 Å². The number of fused-ring (bicyclic) bond motifs is 1. The molecule has 0 radical (unpaired) electrons. The lowest BCUT2D eigenvalue weighted by atomic mass is 10.1. The number of unbranched alkanes of at least 4 members (excludes halogenated alkanes) is 5. The van der Waals surface area contributed by atoms with Gasteiger partial charge in [-0.2, -0.15) is 0 Å². The maximum atomic E-state index is 12.8. The maximum Gasteiger partial charge on any atom is 0.255 e. The summed E-state index contributed by atoms with van der Waals surface area (Å²) in [5.41, 5.74) is 1.71. The molecule has 166 valence electrons. The molecule has 0 aromatic heterocycles. The van der Waals surface area contributed by atoms with Gasteiger partial charge in [0.1, 0.15) is 6.29 Å². The van der Waals surface area contributed by atoms with Gasteiger partial charge in [0.2, 0.25) is 5.91 Å². The fraction of sp³-hybridized carbons (Fsp3) is 0.609. The number of nitrogens with zero attached hydrogens (tertiary/aromatic N) is 1. The average Bonchev–Trinajstić information content (AvgIpc) is 3.10. The first-order valence-corrected chi connectivity index (χ1v) is 12.0. The van der Waals surface area contributed by atoms with E-state index in [9.17, 15) is 14.4 Å². The molecule has 0 saturated carbocycles. The molecule has 1 aromatic rings. The van der Waals surface area contributed by atoms with Crippen molar-refractivity contribution in [2.45, 2.75) is 68.8 Å². The predicted molar refractivity (Wildman–Crippen MR) is 122 cm³/mol. The Hall–Kier alpha value is -1.86. The highest BCUT2D eigenvalue weighted by molar-refractivity contribution is 7.99. The van der Waals surface area contributed by atoms with Gasteiger partial charge in [0.15, 0.2) is 0 Å². The highest BCUT2D eigenvalue weighted by atomic mass is 32.2. The molecule has 1 unspecified atom stereocenters. The Morgan fingerprint density at radius 3 is 2.60 bits per heavy atom. The van der Waals surface area contributed by atoms with E-state index in [0.29, 0.717) is 18.5 Å².